The normalized spacial score (nSPS) is 12.3. The van der Waals surface area contributed by atoms with Crippen LogP contribution in [0, 0.1) is 5.92 Å². The van der Waals surface area contributed by atoms with Crippen LogP contribution >= 0.6 is 34.8 Å². The highest BCUT2D eigenvalue weighted by molar-refractivity contribution is 7.89. The minimum atomic E-state index is -3.80. The molecule has 0 aromatic heterocycles. The van der Waals surface area contributed by atoms with E-state index in [2.05, 4.69) is 5.32 Å². The van der Waals surface area contributed by atoms with Gasteiger partial charge >= 0.3 is 0 Å². The molecule has 3 aromatic rings. The summed E-state index contributed by atoms with van der Waals surface area (Å²) in [7, 11) is -1.01. The molecule has 0 aliphatic rings. The Morgan fingerprint density at radius 1 is 0.927 bits per heavy atom. The lowest BCUT2D eigenvalue weighted by Crippen LogP contribution is -2.51. The summed E-state index contributed by atoms with van der Waals surface area (Å²) in [6.07, 6.45) is 0. The molecule has 0 heterocycles. The fourth-order valence-electron chi connectivity index (χ4n) is 3.93. The van der Waals surface area contributed by atoms with Gasteiger partial charge in [-0.1, -0.05) is 66.8 Å². The van der Waals surface area contributed by atoms with Gasteiger partial charge in [0.15, 0.2) is 0 Å². The molecule has 220 valence electrons. The maximum Gasteiger partial charge on any atom is 0.253 e. The number of carbonyl (C=O) groups is 2. The Labute approximate surface area is 256 Å². The Morgan fingerprint density at radius 2 is 1.59 bits per heavy atom. The lowest BCUT2D eigenvalue weighted by atomic mass is 10.0. The monoisotopic (exact) mass is 639 g/mol. The SMILES string of the molecule is CCN(Cc1ccccc1Oc1ccc(Cl)c(Cl)c1)C(=O)C(NC(=O)c1cc(S(=O)(=O)N(C)C)ccc1Cl)C(C)C. The molecule has 1 unspecified atom stereocenters. The van der Waals surface area contributed by atoms with Crippen molar-refractivity contribution in [3.05, 3.63) is 86.9 Å². The number of ether oxygens (including phenoxy) is 1. The van der Waals surface area contributed by atoms with Crippen LogP contribution in [0.15, 0.2) is 65.6 Å². The van der Waals surface area contributed by atoms with E-state index in [1.807, 2.05) is 39.0 Å². The predicted octanol–water partition coefficient (Wildman–Crippen LogP) is 6.49. The molecule has 0 saturated carbocycles. The molecule has 3 rings (SSSR count). The minimum Gasteiger partial charge on any atom is -0.457 e. The zero-order valence-corrected chi connectivity index (χ0v) is 26.4. The molecule has 0 saturated heterocycles. The van der Waals surface area contributed by atoms with Gasteiger partial charge in [-0.15, -0.1) is 0 Å². The van der Waals surface area contributed by atoms with Crippen LogP contribution in [0.25, 0.3) is 0 Å². The lowest BCUT2D eigenvalue weighted by Gasteiger charge is -2.29. The fraction of sp³-hybridized carbons (Fsp3) is 0.310. The summed E-state index contributed by atoms with van der Waals surface area (Å²) in [6, 6.07) is 15.2. The first kappa shape index (κ1) is 32.7. The van der Waals surface area contributed by atoms with E-state index in [9.17, 15) is 18.0 Å². The fourth-order valence-corrected chi connectivity index (χ4v) is 5.35. The summed E-state index contributed by atoms with van der Waals surface area (Å²) in [5.41, 5.74) is 0.698. The Balaban J connectivity index is 1.84. The number of amides is 2. The van der Waals surface area contributed by atoms with E-state index in [0.717, 1.165) is 9.87 Å². The number of rotatable bonds is 11. The van der Waals surface area contributed by atoms with Crippen molar-refractivity contribution in [2.45, 2.75) is 38.3 Å². The van der Waals surface area contributed by atoms with Crippen LogP contribution in [0.3, 0.4) is 0 Å². The molecule has 0 radical (unpaired) electrons. The molecule has 41 heavy (non-hydrogen) atoms. The van der Waals surface area contributed by atoms with E-state index < -0.39 is 22.0 Å². The number of hydrogen-bond acceptors (Lipinski definition) is 5. The Morgan fingerprint density at radius 3 is 2.20 bits per heavy atom. The van der Waals surface area contributed by atoms with Crippen LogP contribution in [-0.2, 0) is 21.4 Å². The zero-order chi connectivity index (χ0) is 30.5. The number of para-hydroxylation sites is 1. The number of carbonyl (C=O) groups excluding carboxylic acids is 2. The van der Waals surface area contributed by atoms with E-state index in [0.29, 0.717) is 28.1 Å². The second-order valence-electron chi connectivity index (χ2n) is 9.76. The van der Waals surface area contributed by atoms with E-state index >= 15 is 0 Å². The third-order valence-corrected chi connectivity index (χ3v) is 9.21. The number of nitrogens with zero attached hydrogens (tertiary/aromatic N) is 2. The molecule has 0 spiro atoms. The Kier molecular flexibility index (Phi) is 11.1. The zero-order valence-electron chi connectivity index (χ0n) is 23.3. The average molecular weight is 641 g/mol. The van der Waals surface area contributed by atoms with E-state index in [4.69, 9.17) is 39.5 Å². The Bertz CT molecular complexity index is 1530. The topological polar surface area (TPSA) is 96.0 Å². The van der Waals surface area contributed by atoms with Gasteiger partial charge in [0, 0.05) is 38.8 Å². The minimum absolute atomic E-state index is 0.0449. The Hall–Kier alpha value is -2.82. The number of likely N-dealkylation sites (N-methyl/N-ethyl adjacent to an activating group) is 1. The highest BCUT2D eigenvalue weighted by Crippen LogP contribution is 2.31. The van der Waals surface area contributed by atoms with Crippen LogP contribution in [-0.4, -0.2) is 56.1 Å². The van der Waals surface area contributed by atoms with Crippen molar-refractivity contribution in [3.8, 4) is 11.5 Å². The molecule has 0 aliphatic carbocycles. The van der Waals surface area contributed by atoms with Crippen LogP contribution in [0.2, 0.25) is 15.1 Å². The average Bonchev–Trinajstić information content (AvgIpc) is 2.92. The highest BCUT2D eigenvalue weighted by Gasteiger charge is 2.30. The standard InChI is InChI=1S/C29H32Cl3N3O5S/c1-6-35(17-19-9-7-8-10-26(19)40-20-11-13-24(31)25(32)15-20)29(37)27(18(2)3)33-28(36)22-16-21(12-14-23(22)30)41(38,39)34(4)5/h7-16,18,27H,6,17H2,1-5H3,(H,33,36). The summed E-state index contributed by atoms with van der Waals surface area (Å²) in [6.45, 7) is 6.03. The second kappa shape index (κ2) is 13.9. The third kappa shape index (κ3) is 7.93. The number of hydrogen-bond donors (Lipinski definition) is 1. The van der Waals surface area contributed by atoms with Crippen molar-refractivity contribution in [1.82, 2.24) is 14.5 Å². The van der Waals surface area contributed by atoms with Crippen molar-refractivity contribution in [2.24, 2.45) is 5.92 Å². The summed E-state index contributed by atoms with van der Waals surface area (Å²) >= 11 is 18.4. The molecular weight excluding hydrogens is 609 g/mol. The van der Waals surface area contributed by atoms with E-state index in [1.54, 1.807) is 29.2 Å². The molecule has 8 nitrogen and oxygen atoms in total. The maximum atomic E-state index is 13.7. The molecule has 0 bridgehead atoms. The van der Waals surface area contributed by atoms with Gasteiger partial charge in [-0.25, -0.2) is 12.7 Å². The van der Waals surface area contributed by atoms with Gasteiger partial charge in [-0.05, 0) is 49.2 Å². The van der Waals surface area contributed by atoms with Crippen LogP contribution in [0.4, 0.5) is 0 Å². The highest BCUT2D eigenvalue weighted by atomic mass is 35.5. The van der Waals surface area contributed by atoms with E-state index in [1.165, 1.54) is 32.3 Å². The summed E-state index contributed by atoms with van der Waals surface area (Å²) in [4.78, 5) is 28.6. The number of halogens is 3. The van der Waals surface area contributed by atoms with Crippen molar-refractivity contribution < 1.29 is 22.7 Å². The number of sulfonamides is 1. The van der Waals surface area contributed by atoms with Crippen LogP contribution in [0.5, 0.6) is 11.5 Å². The molecule has 0 aliphatic heterocycles. The molecule has 0 fully saturated rings. The van der Waals surface area contributed by atoms with Crippen molar-refractivity contribution >= 4 is 56.6 Å². The first-order valence-electron chi connectivity index (χ1n) is 12.8. The molecule has 1 N–H and O–H groups in total. The van der Waals surface area contributed by atoms with Crippen molar-refractivity contribution in [3.63, 3.8) is 0 Å². The first-order valence-corrected chi connectivity index (χ1v) is 15.4. The van der Waals surface area contributed by atoms with Gasteiger partial charge in [0.05, 0.1) is 25.5 Å². The van der Waals surface area contributed by atoms with Crippen molar-refractivity contribution in [1.29, 1.82) is 0 Å². The van der Waals surface area contributed by atoms with Crippen LogP contribution < -0.4 is 10.1 Å². The van der Waals surface area contributed by atoms with Gasteiger partial charge in [-0.3, -0.25) is 9.59 Å². The predicted molar refractivity (Wildman–Crippen MR) is 162 cm³/mol. The van der Waals surface area contributed by atoms with Gasteiger partial charge < -0.3 is 15.0 Å². The van der Waals surface area contributed by atoms with Crippen LogP contribution in [0.1, 0.15) is 36.7 Å². The number of nitrogens with one attached hydrogen (secondary N) is 1. The smallest absolute Gasteiger partial charge is 0.253 e. The summed E-state index contributed by atoms with van der Waals surface area (Å²) in [5, 5.41) is 3.59. The molecule has 12 heteroatoms. The summed E-state index contributed by atoms with van der Waals surface area (Å²) < 4.78 is 32.3. The van der Waals surface area contributed by atoms with Gasteiger partial charge in [0.1, 0.15) is 17.5 Å². The molecular formula is C29H32Cl3N3O5S. The maximum absolute atomic E-state index is 13.7. The first-order chi connectivity index (χ1) is 19.3. The lowest BCUT2D eigenvalue weighted by molar-refractivity contribution is -0.134. The largest absolute Gasteiger partial charge is 0.457 e. The molecule has 2 amide bonds. The van der Waals surface area contributed by atoms with Gasteiger partial charge in [0.25, 0.3) is 5.91 Å². The third-order valence-electron chi connectivity index (χ3n) is 6.33. The quantitative estimate of drug-likeness (QED) is 0.258. The molecule has 3 aromatic carbocycles. The van der Waals surface area contributed by atoms with E-state index in [-0.39, 0.29) is 33.9 Å². The molecule has 1 atom stereocenters. The summed E-state index contributed by atoms with van der Waals surface area (Å²) in [5.74, 6) is -0.224. The number of benzene rings is 3. The van der Waals surface area contributed by atoms with Gasteiger partial charge in [-0.2, -0.15) is 0 Å². The van der Waals surface area contributed by atoms with Crippen molar-refractivity contribution in [2.75, 3.05) is 20.6 Å². The second-order valence-corrected chi connectivity index (χ2v) is 13.1. The van der Waals surface area contributed by atoms with Gasteiger partial charge in [0.2, 0.25) is 15.9 Å².